The average molecular weight is 407 g/mol. The molecule has 0 aliphatic rings. The summed E-state index contributed by atoms with van der Waals surface area (Å²) in [7, 11) is 0. The lowest BCUT2D eigenvalue weighted by atomic mass is 10.1. The van der Waals surface area contributed by atoms with Crippen molar-refractivity contribution < 1.29 is 4.52 Å². The van der Waals surface area contributed by atoms with Crippen molar-refractivity contribution in [3.63, 3.8) is 0 Å². The van der Waals surface area contributed by atoms with Gasteiger partial charge < -0.3 is 4.52 Å². The van der Waals surface area contributed by atoms with Crippen LogP contribution in [0.3, 0.4) is 0 Å². The molecule has 0 radical (unpaired) electrons. The van der Waals surface area contributed by atoms with Gasteiger partial charge in [0.1, 0.15) is 0 Å². The van der Waals surface area contributed by atoms with Crippen LogP contribution in [0.2, 0.25) is 0 Å². The van der Waals surface area contributed by atoms with Gasteiger partial charge in [-0.15, -0.1) is 5.10 Å². The Morgan fingerprint density at radius 3 is 2.62 bits per heavy atom. The van der Waals surface area contributed by atoms with E-state index in [9.17, 15) is 4.79 Å². The van der Waals surface area contributed by atoms with Crippen molar-refractivity contribution in [2.45, 2.75) is 37.2 Å². The van der Waals surface area contributed by atoms with E-state index in [-0.39, 0.29) is 5.69 Å². The fourth-order valence-corrected chi connectivity index (χ4v) is 3.75. The van der Waals surface area contributed by atoms with E-state index in [1.807, 2.05) is 42.5 Å². The smallest absolute Gasteiger partial charge is 0.338 e. The number of hydrogen-bond acceptors (Lipinski definition) is 6. The molecule has 0 bridgehead atoms. The first-order chi connectivity index (χ1) is 14.2. The van der Waals surface area contributed by atoms with Crippen LogP contribution in [0.4, 0.5) is 0 Å². The van der Waals surface area contributed by atoms with Crippen LogP contribution in [-0.4, -0.2) is 24.9 Å². The largest absolute Gasteiger partial charge is 0.343 e. The molecule has 0 aliphatic carbocycles. The van der Waals surface area contributed by atoms with Gasteiger partial charge in [-0.2, -0.15) is 4.98 Å². The number of benzene rings is 2. The lowest BCUT2D eigenvalue weighted by Crippen LogP contribution is -2.18. The molecule has 2 heterocycles. The van der Waals surface area contributed by atoms with Gasteiger partial charge >= 0.3 is 5.69 Å². The number of H-pyrrole nitrogens is 1. The van der Waals surface area contributed by atoms with Crippen LogP contribution in [0.1, 0.15) is 23.9 Å². The highest BCUT2D eigenvalue weighted by atomic mass is 32.2. The molecule has 0 spiro atoms. The number of hydrogen-bond donors (Lipinski definition) is 1. The number of rotatable bonds is 8. The van der Waals surface area contributed by atoms with Crippen molar-refractivity contribution in [2.75, 3.05) is 0 Å². The fourth-order valence-electron chi connectivity index (χ4n) is 2.94. The molecule has 0 aliphatic heterocycles. The second kappa shape index (κ2) is 8.91. The van der Waals surface area contributed by atoms with Gasteiger partial charge in [0.2, 0.25) is 11.7 Å². The Kier molecular flexibility index (Phi) is 5.90. The molecule has 1 N–H and O–H groups in total. The number of thioether (sulfide) groups is 1. The Hall–Kier alpha value is -3.13. The molecule has 0 saturated heterocycles. The minimum absolute atomic E-state index is 0.217. The molecule has 0 saturated carbocycles. The molecule has 2 aromatic heterocycles. The zero-order valence-electron chi connectivity index (χ0n) is 16.0. The summed E-state index contributed by atoms with van der Waals surface area (Å²) >= 11 is 1.40. The van der Waals surface area contributed by atoms with Gasteiger partial charge in [-0.3, -0.25) is 4.57 Å². The number of aromatic nitrogens is 5. The third kappa shape index (κ3) is 4.65. The summed E-state index contributed by atoms with van der Waals surface area (Å²) in [4.78, 5) is 16.6. The summed E-state index contributed by atoms with van der Waals surface area (Å²) in [6.07, 6.45) is 1.75. The van der Waals surface area contributed by atoms with Crippen LogP contribution in [0.5, 0.6) is 0 Å². The van der Waals surface area contributed by atoms with E-state index in [0.717, 1.165) is 18.4 Å². The normalized spacial score (nSPS) is 11.1. The van der Waals surface area contributed by atoms with Gasteiger partial charge in [0.25, 0.3) is 0 Å². The molecule has 0 unspecified atom stereocenters. The minimum Gasteiger partial charge on any atom is -0.338 e. The van der Waals surface area contributed by atoms with E-state index < -0.39 is 0 Å². The van der Waals surface area contributed by atoms with Crippen molar-refractivity contribution >= 4 is 11.8 Å². The van der Waals surface area contributed by atoms with Crippen molar-refractivity contribution in [2.24, 2.45) is 0 Å². The van der Waals surface area contributed by atoms with Crippen molar-refractivity contribution in [3.8, 4) is 11.4 Å². The van der Waals surface area contributed by atoms with Crippen LogP contribution >= 0.6 is 11.8 Å². The zero-order valence-corrected chi connectivity index (χ0v) is 16.9. The van der Waals surface area contributed by atoms with E-state index in [1.165, 1.54) is 22.9 Å². The summed E-state index contributed by atoms with van der Waals surface area (Å²) in [6.45, 7) is 2.67. The molecule has 29 heavy (non-hydrogen) atoms. The lowest BCUT2D eigenvalue weighted by molar-refractivity contribution is 0.391. The molecule has 0 fully saturated rings. The first-order valence-electron chi connectivity index (χ1n) is 9.46. The van der Waals surface area contributed by atoms with Crippen molar-refractivity contribution in [3.05, 3.63) is 82.1 Å². The van der Waals surface area contributed by atoms with Crippen LogP contribution < -0.4 is 5.69 Å². The molecule has 4 aromatic rings. The van der Waals surface area contributed by atoms with Crippen LogP contribution in [0.25, 0.3) is 11.4 Å². The Labute approximate surface area is 172 Å². The summed E-state index contributed by atoms with van der Waals surface area (Å²) < 4.78 is 7.00. The molecule has 2 aromatic carbocycles. The van der Waals surface area contributed by atoms with Crippen molar-refractivity contribution in [1.29, 1.82) is 0 Å². The number of nitrogens with zero attached hydrogens (tertiary/aromatic N) is 4. The maximum atomic E-state index is 12.1. The first-order valence-corrected chi connectivity index (χ1v) is 10.5. The molecule has 4 rings (SSSR count). The maximum Gasteiger partial charge on any atom is 0.343 e. The van der Waals surface area contributed by atoms with E-state index in [1.54, 1.807) is 4.57 Å². The highest BCUT2D eigenvalue weighted by molar-refractivity contribution is 7.98. The highest BCUT2D eigenvalue weighted by Crippen LogP contribution is 2.22. The molecular formula is C21H21N5O2S. The Morgan fingerprint density at radius 2 is 1.86 bits per heavy atom. The Balaban J connectivity index is 1.40. The molecule has 0 amide bonds. The maximum absolute atomic E-state index is 12.1. The van der Waals surface area contributed by atoms with E-state index in [2.05, 4.69) is 39.4 Å². The Morgan fingerprint density at radius 1 is 1.07 bits per heavy atom. The van der Waals surface area contributed by atoms with Crippen molar-refractivity contribution in [1.82, 2.24) is 24.9 Å². The third-order valence-corrected chi connectivity index (χ3v) is 5.56. The summed E-state index contributed by atoms with van der Waals surface area (Å²) in [5, 5.41) is 11.3. The van der Waals surface area contributed by atoms with Gasteiger partial charge in [-0.25, -0.2) is 9.89 Å². The predicted octanol–water partition coefficient (Wildman–Crippen LogP) is 3.72. The topological polar surface area (TPSA) is 89.6 Å². The van der Waals surface area contributed by atoms with Crippen LogP contribution in [0.15, 0.2) is 69.1 Å². The SMILES string of the molecule is CCc1ccc(-c2noc(CSc3n[nH]c(=O)n3CCc3ccccc3)n2)cc1. The van der Waals surface area contributed by atoms with E-state index in [0.29, 0.717) is 29.2 Å². The second-order valence-electron chi connectivity index (χ2n) is 6.55. The minimum atomic E-state index is -0.217. The second-order valence-corrected chi connectivity index (χ2v) is 7.49. The number of aromatic amines is 1. The zero-order chi connectivity index (χ0) is 20.1. The summed E-state index contributed by atoms with van der Waals surface area (Å²) in [5.74, 6) is 1.50. The first kappa shape index (κ1) is 19.2. The van der Waals surface area contributed by atoms with E-state index >= 15 is 0 Å². The van der Waals surface area contributed by atoms with Crippen LogP contribution in [0, 0.1) is 0 Å². The standard InChI is InChI=1S/C21H21N5O2S/c1-2-15-8-10-17(11-9-15)19-22-18(28-25-19)14-29-21-24-23-20(27)26(21)13-12-16-6-4-3-5-7-16/h3-11H,2,12-14H2,1H3,(H,23,27). The molecule has 7 nitrogen and oxygen atoms in total. The monoisotopic (exact) mass is 407 g/mol. The number of aryl methyl sites for hydroxylation is 2. The average Bonchev–Trinajstić information content (AvgIpc) is 3.38. The summed E-state index contributed by atoms with van der Waals surface area (Å²) in [5.41, 5.74) is 3.14. The predicted molar refractivity (Wildman–Crippen MR) is 112 cm³/mol. The molecule has 8 heteroatoms. The third-order valence-electron chi connectivity index (χ3n) is 4.60. The van der Waals surface area contributed by atoms with E-state index in [4.69, 9.17) is 4.52 Å². The molecular weight excluding hydrogens is 386 g/mol. The Bertz CT molecular complexity index is 1120. The fraction of sp³-hybridized carbons (Fsp3) is 0.238. The molecule has 148 valence electrons. The lowest BCUT2D eigenvalue weighted by Gasteiger charge is -2.04. The highest BCUT2D eigenvalue weighted by Gasteiger charge is 2.13. The van der Waals surface area contributed by atoms with Gasteiger partial charge in [0.05, 0.1) is 5.75 Å². The van der Waals surface area contributed by atoms with Gasteiger partial charge in [0, 0.05) is 12.1 Å². The van der Waals surface area contributed by atoms with Gasteiger partial charge in [-0.1, -0.05) is 78.4 Å². The molecule has 0 atom stereocenters. The summed E-state index contributed by atoms with van der Waals surface area (Å²) in [6, 6.07) is 18.2. The number of nitrogens with one attached hydrogen (secondary N) is 1. The van der Waals surface area contributed by atoms with Crippen LogP contribution in [-0.2, 0) is 25.1 Å². The quantitative estimate of drug-likeness (QED) is 0.448. The van der Waals surface area contributed by atoms with Gasteiger partial charge in [-0.05, 0) is 24.0 Å². The van der Waals surface area contributed by atoms with Gasteiger partial charge in [0.15, 0.2) is 5.16 Å².